The van der Waals surface area contributed by atoms with E-state index in [-0.39, 0.29) is 18.9 Å². The molecule has 2 fully saturated rings. The molecule has 0 aromatic heterocycles. The first-order chi connectivity index (χ1) is 39.6. The van der Waals surface area contributed by atoms with Crippen molar-refractivity contribution in [2.45, 2.75) is 338 Å². The number of aliphatic hydroxyl groups excluding tert-OH is 8. The molecule has 81 heavy (non-hydrogen) atoms. The van der Waals surface area contributed by atoms with Gasteiger partial charge in [0.1, 0.15) is 48.8 Å². The topological polar surface area (TPSA) is 228 Å². The molecule has 0 aromatic rings. The van der Waals surface area contributed by atoms with Crippen LogP contribution in [0, 0.1) is 0 Å². The average Bonchev–Trinajstić information content (AvgIpc) is 3.47. The number of ether oxygens (including phenoxy) is 4. The van der Waals surface area contributed by atoms with Crippen molar-refractivity contribution in [2.75, 3.05) is 19.8 Å². The summed E-state index contributed by atoms with van der Waals surface area (Å²) < 4.78 is 22.8. The second-order valence-electron chi connectivity index (χ2n) is 23.2. The van der Waals surface area contributed by atoms with Gasteiger partial charge in [-0.1, -0.05) is 248 Å². The van der Waals surface area contributed by atoms with Crippen molar-refractivity contribution in [3.8, 4) is 0 Å². The summed E-state index contributed by atoms with van der Waals surface area (Å²) in [6, 6.07) is -0.932. The highest BCUT2D eigenvalue weighted by Crippen LogP contribution is 2.30. The standard InChI is InChI=1S/C67H121NO13/c1-3-5-7-9-11-13-15-17-19-20-21-22-23-24-25-26-27-28-29-30-31-32-33-34-35-36-37-39-41-43-45-47-49-51-59(72)68-55(56(71)50-48-46-44-42-40-38-18-16-14-12-10-8-6-4-2)54-78-66-64(77)62(75)65(58(53-70)80-66)81-67-63(76)61(74)60(73)57(52-69)79-67/h15,17,20-21,23-24,40,42,48,50,55-58,60-67,69-71,73-77H,3-14,16,18-19,22,25-39,41,43-47,49,51-54H2,1-2H3,(H,68,72)/b17-15-,21-20-,24-23-,42-40+,50-48+. The van der Waals surface area contributed by atoms with E-state index in [2.05, 4.69) is 67.8 Å². The normalized spacial score (nSPS) is 24.5. The van der Waals surface area contributed by atoms with Crippen molar-refractivity contribution >= 4 is 5.91 Å². The van der Waals surface area contributed by atoms with E-state index in [1.54, 1.807) is 6.08 Å². The van der Waals surface area contributed by atoms with Gasteiger partial charge in [-0.15, -0.1) is 0 Å². The molecule has 14 nitrogen and oxygen atoms in total. The number of hydrogen-bond donors (Lipinski definition) is 9. The van der Waals surface area contributed by atoms with Gasteiger partial charge < -0.3 is 65.1 Å². The van der Waals surface area contributed by atoms with E-state index in [1.807, 2.05) is 6.08 Å². The van der Waals surface area contributed by atoms with Gasteiger partial charge in [0.2, 0.25) is 5.91 Å². The first-order valence-corrected chi connectivity index (χ1v) is 33.0. The predicted molar refractivity (Wildman–Crippen MR) is 327 cm³/mol. The lowest BCUT2D eigenvalue weighted by molar-refractivity contribution is -0.359. The van der Waals surface area contributed by atoms with E-state index in [4.69, 9.17) is 18.9 Å². The number of unbranched alkanes of at least 4 members (excludes halogenated alkanes) is 32. The summed E-state index contributed by atoms with van der Waals surface area (Å²) in [6.07, 6.45) is 51.4. The average molecular weight is 1150 g/mol. The van der Waals surface area contributed by atoms with E-state index >= 15 is 0 Å². The molecule has 2 aliphatic heterocycles. The molecule has 2 aliphatic rings. The van der Waals surface area contributed by atoms with Crippen molar-refractivity contribution < 1.29 is 64.6 Å². The summed E-state index contributed by atoms with van der Waals surface area (Å²) in [5, 5.41) is 87.1. The Labute approximate surface area is 492 Å². The van der Waals surface area contributed by atoms with Gasteiger partial charge in [-0.3, -0.25) is 4.79 Å². The van der Waals surface area contributed by atoms with E-state index in [1.165, 1.54) is 186 Å². The monoisotopic (exact) mass is 1150 g/mol. The molecule has 2 heterocycles. The van der Waals surface area contributed by atoms with Crippen LogP contribution in [-0.4, -0.2) is 140 Å². The highest BCUT2D eigenvalue weighted by atomic mass is 16.7. The summed E-state index contributed by atoms with van der Waals surface area (Å²) in [5.74, 6) is -0.248. The molecule has 0 radical (unpaired) electrons. The first kappa shape index (κ1) is 74.8. The fourth-order valence-corrected chi connectivity index (χ4v) is 10.6. The summed E-state index contributed by atoms with van der Waals surface area (Å²) in [6.45, 7) is 2.77. The maximum atomic E-state index is 13.3. The van der Waals surface area contributed by atoms with Crippen molar-refractivity contribution in [2.24, 2.45) is 0 Å². The molecular formula is C67H121NO13. The van der Waals surface area contributed by atoms with Crippen LogP contribution in [-0.2, 0) is 23.7 Å². The van der Waals surface area contributed by atoms with Gasteiger partial charge >= 0.3 is 0 Å². The number of aliphatic hydroxyl groups is 8. The van der Waals surface area contributed by atoms with E-state index in [0.717, 1.165) is 44.9 Å². The number of hydrogen-bond acceptors (Lipinski definition) is 13. The van der Waals surface area contributed by atoms with E-state index < -0.39 is 86.8 Å². The molecule has 2 rings (SSSR count). The largest absolute Gasteiger partial charge is 0.394 e. The molecule has 0 bridgehead atoms. The molecule has 2 saturated heterocycles. The highest BCUT2D eigenvalue weighted by Gasteiger charge is 2.51. The van der Waals surface area contributed by atoms with Crippen molar-refractivity contribution in [3.63, 3.8) is 0 Å². The van der Waals surface area contributed by atoms with E-state index in [9.17, 15) is 45.6 Å². The minimum absolute atomic E-state index is 0.248. The Kier molecular flexibility index (Phi) is 48.1. The van der Waals surface area contributed by atoms with Crippen molar-refractivity contribution in [1.29, 1.82) is 0 Å². The molecule has 12 unspecified atom stereocenters. The van der Waals surface area contributed by atoms with Crippen LogP contribution in [0.5, 0.6) is 0 Å². The van der Waals surface area contributed by atoms with Gasteiger partial charge in [0.05, 0.1) is 32.0 Å². The van der Waals surface area contributed by atoms with Crippen LogP contribution in [0.25, 0.3) is 0 Å². The van der Waals surface area contributed by atoms with Gasteiger partial charge in [0.15, 0.2) is 12.6 Å². The van der Waals surface area contributed by atoms with Gasteiger partial charge in [-0.25, -0.2) is 0 Å². The zero-order valence-electron chi connectivity index (χ0n) is 51.0. The van der Waals surface area contributed by atoms with E-state index in [0.29, 0.717) is 12.8 Å². The highest BCUT2D eigenvalue weighted by molar-refractivity contribution is 5.76. The van der Waals surface area contributed by atoms with Crippen LogP contribution in [0.1, 0.15) is 264 Å². The smallest absolute Gasteiger partial charge is 0.220 e. The third-order valence-corrected chi connectivity index (χ3v) is 15.9. The number of nitrogens with one attached hydrogen (secondary N) is 1. The molecule has 9 N–H and O–H groups in total. The third-order valence-electron chi connectivity index (χ3n) is 15.9. The van der Waals surface area contributed by atoms with Crippen molar-refractivity contribution in [1.82, 2.24) is 5.32 Å². The fraction of sp³-hybridized carbons (Fsp3) is 0.836. The number of amides is 1. The lowest BCUT2D eigenvalue weighted by Gasteiger charge is -2.46. The number of carbonyl (C=O) groups is 1. The minimum Gasteiger partial charge on any atom is -0.394 e. The Morgan fingerprint density at radius 1 is 0.444 bits per heavy atom. The summed E-state index contributed by atoms with van der Waals surface area (Å²) >= 11 is 0. The zero-order chi connectivity index (χ0) is 58.8. The Morgan fingerprint density at radius 3 is 1.30 bits per heavy atom. The molecule has 12 atom stereocenters. The quantitative estimate of drug-likeness (QED) is 0.0204. The number of rotatable bonds is 53. The number of carbonyl (C=O) groups excluding carboxylic acids is 1. The molecule has 0 aliphatic carbocycles. The summed E-state index contributed by atoms with van der Waals surface area (Å²) in [7, 11) is 0. The minimum atomic E-state index is -1.79. The Bertz CT molecular complexity index is 1590. The SMILES string of the molecule is CCCCCCC/C=C\C/C=C\C/C=C\CCCCCCCCCCCCCCCCCCCCC(=O)NC(COC1OC(CO)C(OC2OC(CO)C(O)C(O)C2O)C(O)C1O)C(O)/C=C/CC/C=C/CCCCCCCCCC. The lowest BCUT2D eigenvalue weighted by Crippen LogP contribution is -2.65. The van der Waals surface area contributed by atoms with Crippen LogP contribution in [0.2, 0.25) is 0 Å². The second-order valence-corrected chi connectivity index (χ2v) is 23.2. The lowest BCUT2D eigenvalue weighted by atomic mass is 9.97. The van der Waals surface area contributed by atoms with Crippen LogP contribution in [0.4, 0.5) is 0 Å². The van der Waals surface area contributed by atoms with Crippen molar-refractivity contribution in [3.05, 3.63) is 60.8 Å². The number of allylic oxidation sites excluding steroid dienone is 9. The van der Waals surface area contributed by atoms with Gasteiger partial charge in [-0.2, -0.15) is 0 Å². The molecular weight excluding hydrogens is 1030 g/mol. The third kappa shape index (κ3) is 37.0. The molecule has 0 aromatic carbocycles. The van der Waals surface area contributed by atoms with Crippen LogP contribution in [0.3, 0.4) is 0 Å². The first-order valence-electron chi connectivity index (χ1n) is 33.0. The summed E-state index contributed by atoms with van der Waals surface area (Å²) in [4.78, 5) is 13.3. The Balaban J connectivity index is 1.64. The molecule has 1 amide bonds. The summed E-state index contributed by atoms with van der Waals surface area (Å²) in [5.41, 5.74) is 0. The molecule has 0 spiro atoms. The van der Waals surface area contributed by atoms with Gasteiger partial charge in [-0.05, 0) is 70.6 Å². The predicted octanol–water partition coefficient (Wildman–Crippen LogP) is 12.5. The Hall–Kier alpha value is -2.31. The van der Waals surface area contributed by atoms with Gasteiger partial charge in [0.25, 0.3) is 0 Å². The van der Waals surface area contributed by atoms with Crippen LogP contribution >= 0.6 is 0 Å². The maximum Gasteiger partial charge on any atom is 0.220 e. The van der Waals surface area contributed by atoms with Crippen LogP contribution < -0.4 is 5.32 Å². The molecule has 472 valence electrons. The van der Waals surface area contributed by atoms with Crippen LogP contribution in [0.15, 0.2) is 60.8 Å². The fourth-order valence-electron chi connectivity index (χ4n) is 10.6. The van der Waals surface area contributed by atoms with Gasteiger partial charge in [0, 0.05) is 6.42 Å². The maximum absolute atomic E-state index is 13.3. The second kappa shape index (κ2) is 52.1. The Morgan fingerprint density at radius 2 is 0.827 bits per heavy atom. The zero-order valence-corrected chi connectivity index (χ0v) is 51.0. The molecule has 0 saturated carbocycles. The molecule has 14 heteroatoms.